The molecular formula is C10H9Br2O3-. The summed E-state index contributed by atoms with van der Waals surface area (Å²) in [6.45, 7) is 2.42. The lowest BCUT2D eigenvalue weighted by atomic mass is 10.2. The Kier molecular flexibility index (Phi) is 4.60. The molecule has 0 N–H and O–H groups in total. The Bertz CT molecular complexity index is 377. The summed E-state index contributed by atoms with van der Waals surface area (Å²) < 4.78 is 6.61. The number of rotatable bonds is 4. The quantitative estimate of drug-likeness (QED) is 0.848. The van der Waals surface area contributed by atoms with E-state index in [1.54, 1.807) is 6.07 Å². The van der Waals surface area contributed by atoms with Crippen LogP contribution in [0.4, 0.5) is 0 Å². The first kappa shape index (κ1) is 12.5. The van der Waals surface area contributed by atoms with E-state index in [2.05, 4.69) is 31.9 Å². The van der Waals surface area contributed by atoms with Gasteiger partial charge in [-0.1, -0.05) is 22.9 Å². The summed E-state index contributed by atoms with van der Waals surface area (Å²) in [5.74, 6) is -0.928. The van der Waals surface area contributed by atoms with Gasteiger partial charge in [0.2, 0.25) is 0 Å². The van der Waals surface area contributed by atoms with E-state index >= 15 is 0 Å². The van der Waals surface area contributed by atoms with Crippen molar-refractivity contribution in [3.05, 3.63) is 26.6 Å². The Morgan fingerprint density at radius 1 is 1.47 bits per heavy atom. The van der Waals surface area contributed by atoms with Crippen LogP contribution in [0, 0.1) is 0 Å². The highest BCUT2D eigenvalue weighted by atomic mass is 79.9. The second-order valence-corrected chi connectivity index (χ2v) is 4.67. The van der Waals surface area contributed by atoms with Crippen LogP contribution in [0.3, 0.4) is 0 Å². The van der Waals surface area contributed by atoms with E-state index in [9.17, 15) is 9.90 Å². The molecule has 0 spiro atoms. The fourth-order valence-electron chi connectivity index (χ4n) is 1.06. The van der Waals surface area contributed by atoms with Gasteiger partial charge in [0.1, 0.15) is 5.75 Å². The minimum Gasteiger partial charge on any atom is -0.545 e. The van der Waals surface area contributed by atoms with Crippen molar-refractivity contribution in [2.45, 2.75) is 13.3 Å². The first-order chi connectivity index (χ1) is 7.06. The lowest BCUT2D eigenvalue weighted by molar-refractivity contribution is -0.255. The molecule has 0 aliphatic rings. The molecule has 0 unspecified atom stereocenters. The maximum Gasteiger partial charge on any atom is 0.142 e. The van der Waals surface area contributed by atoms with Gasteiger partial charge in [0, 0.05) is 10.0 Å². The summed E-state index contributed by atoms with van der Waals surface area (Å²) in [7, 11) is 0. The monoisotopic (exact) mass is 335 g/mol. The van der Waals surface area contributed by atoms with Gasteiger partial charge in [-0.05, 0) is 34.5 Å². The van der Waals surface area contributed by atoms with Crippen molar-refractivity contribution in [1.29, 1.82) is 0 Å². The van der Waals surface area contributed by atoms with Gasteiger partial charge in [-0.25, -0.2) is 0 Å². The number of carboxylic acids is 1. The molecule has 0 atom stereocenters. The maximum absolute atomic E-state index is 10.9. The average molecular weight is 337 g/mol. The minimum absolute atomic E-state index is 0.0460. The number of hydrogen-bond donors (Lipinski definition) is 0. The molecule has 3 nitrogen and oxygen atoms in total. The number of carbonyl (C=O) groups is 1. The van der Waals surface area contributed by atoms with Crippen molar-refractivity contribution in [1.82, 2.24) is 0 Å². The van der Waals surface area contributed by atoms with E-state index in [0.29, 0.717) is 21.3 Å². The Morgan fingerprint density at radius 3 is 2.67 bits per heavy atom. The highest BCUT2D eigenvalue weighted by molar-refractivity contribution is 9.11. The summed E-state index contributed by atoms with van der Waals surface area (Å²) in [5, 5.41) is 10.9. The molecule has 0 aromatic heterocycles. The van der Waals surface area contributed by atoms with E-state index in [4.69, 9.17) is 4.74 Å². The molecule has 1 aromatic carbocycles. The highest BCUT2D eigenvalue weighted by Crippen LogP contribution is 2.32. The third-order valence-electron chi connectivity index (χ3n) is 1.68. The topological polar surface area (TPSA) is 49.4 Å². The number of carboxylic acid groups (broad SMARTS) is 1. The van der Waals surface area contributed by atoms with Gasteiger partial charge >= 0.3 is 0 Å². The van der Waals surface area contributed by atoms with Crippen molar-refractivity contribution in [3.63, 3.8) is 0 Å². The molecule has 82 valence electrons. The molecule has 1 aromatic rings. The molecule has 0 heterocycles. The summed E-state index contributed by atoms with van der Waals surface area (Å²) in [4.78, 5) is 10.9. The van der Waals surface area contributed by atoms with Gasteiger partial charge in [-0.3, -0.25) is 0 Å². The van der Waals surface area contributed by atoms with Gasteiger partial charge in [0.25, 0.3) is 0 Å². The van der Waals surface area contributed by atoms with Crippen LogP contribution in [0.15, 0.2) is 21.1 Å². The third kappa shape index (κ3) is 3.21. The molecule has 15 heavy (non-hydrogen) atoms. The second kappa shape index (κ2) is 5.51. The molecule has 0 amide bonds. The predicted octanol–water partition coefficient (Wildman–Crippen LogP) is 2.36. The van der Waals surface area contributed by atoms with E-state index in [1.807, 2.05) is 6.92 Å². The smallest absolute Gasteiger partial charge is 0.142 e. The van der Waals surface area contributed by atoms with Gasteiger partial charge in [0.05, 0.1) is 17.0 Å². The fraction of sp³-hybridized carbons (Fsp3) is 0.300. The SMILES string of the molecule is CCCOc1c(Br)cc(Br)cc1C(=O)[O-]. The summed E-state index contributed by atoms with van der Waals surface area (Å²) in [5.41, 5.74) is 0.0460. The van der Waals surface area contributed by atoms with Crippen LogP contribution in [0.5, 0.6) is 5.75 Å². The molecule has 0 fully saturated rings. The average Bonchev–Trinajstić information content (AvgIpc) is 2.15. The maximum atomic E-state index is 10.9. The molecule has 0 bridgehead atoms. The molecule has 0 radical (unpaired) electrons. The van der Waals surface area contributed by atoms with E-state index in [-0.39, 0.29) is 5.56 Å². The lowest BCUT2D eigenvalue weighted by Crippen LogP contribution is -2.23. The van der Waals surface area contributed by atoms with Crippen LogP contribution in [0.2, 0.25) is 0 Å². The van der Waals surface area contributed by atoms with Crippen molar-refractivity contribution in [3.8, 4) is 5.75 Å². The van der Waals surface area contributed by atoms with Gasteiger partial charge in [0.15, 0.2) is 0 Å². The molecule has 0 saturated carbocycles. The molecular weight excluding hydrogens is 328 g/mol. The zero-order valence-electron chi connectivity index (χ0n) is 8.05. The first-order valence-electron chi connectivity index (χ1n) is 4.39. The number of halogens is 2. The van der Waals surface area contributed by atoms with Gasteiger partial charge in [-0.2, -0.15) is 0 Å². The molecule has 5 heteroatoms. The normalized spacial score (nSPS) is 10.1. The Morgan fingerprint density at radius 2 is 2.13 bits per heavy atom. The van der Waals surface area contributed by atoms with Gasteiger partial charge < -0.3 is 14.6 Å². The van der Waals surface area contributed by atoms with Crippen LogP contribution in [0.1, 0.15) is 23.7 Å². The van der Waals surface area contributed by atoms with Crippen molar-refractivity contribution < 1.29 is 14.6 Å². The predicted molar refractivity (Wildman–Crippen MR) is 62.0 cm³/mol. The molecule has 0 aliphatic carbocycles. The van der Waals surface area contributed by atoms with Crippen LogP contribution in [0.25, 0.3) is 0 Å². The third-order valence-corrected chi connectivity index (χ3v) is 2.73. The van der Waals surface area contributed by atoms with Gasteiger partial charge in [-0.15, -0.1) is 0 Å². The Hall–Kier alpha value is -0.550. The summed E-state index contributed by atoms with van der Waals surface area (Å²) in [6, 6.07) is 3.20. The lowest BCUT2D eigenvalue weighted by Gasteiger charge is -2.14. The Labute approximate surface area is 105 Å². The number of aromatic carboxylic acids is 1. The van der Waals surface area contributed by atoms with E-state index in [1.165, 1.54) is 6.07 Å². The second-order valence-electron chi connectivity index (χ2n) is 2.90. The molecule has 1 rings (SSSR count). The molecule has 0 aliphatic heterocycles. The summed E-state index contributed by atoms with van der Waals surface area (Å²) >= 11 is 6.46. The summed E-state index contributed by atoms with van der Waals surface area (Å²) in [6.07, 6.45) is 0.814. The number of benzene rings is 1. The fourth-order valence-corrected chi connectivity index (χ4v) is 2.40. The largest absolute Gasteiger partial charge is 0.545 e. The number of hydrogen-bond acceptors (Lipinski definition) is 3. The van der Waals surface area contributed by atoms with E-state index in [0.717, 1.165) is 6.42 Å². The van der Waals surface area contributed by atoms with Crippen molar-refractivity contribution in [2.75, 3.05) is 6.61 Å². The molecule has 0 saturated heterocycles. The highest BCUT2D eigenvalue weighted by Gasteiger charge is 2.10. The van der Waals surface area contributed by atoms with Crippen LogP contribution >= 0.6 is 31.9 Å². The standard InChI is InChI=1S/C10H10Br2O3/c1-2-3-15-9-7(10(13)14)4-6(11)5-8(9)12/h4-5H,2-3H2,1H3,(H,13,14)/p-1. The van der Waals surface area contributed by atoms with E-state index < -0.39 is 5.97 Å². The minimum atomic E-state index is -1.25. The zero-order valence-corrected chi connectivity index (χ0v) is 11.2. The zero-order chi connectivity index (χ0) is 11.4. The van der Waals surface area contributed by atoms with Crippen molar-refractivity contribution in [2.24, 2.45) is 0 Å². The number of carbonyl (C=O) groups excluding carboxylic acids is 1. The van der Waals surface area contributed by atoms with Crippen LogP contribution in [-0.2, 0) is 0 Å². The van der Waals surface area contributed by atoms with Crippen molar-refractivity contribution >= 4 is 37.8 Å². The van der Waals surface area contributed by atoms with Crippen LogP contribution < -0.4 is 9.84 Å². The van der Waals surface area contributed by atoms with Crippen LogP contribution in [-0.4, -0.2) is 12.6 Å². The first-order valence-corrected chi connectivity index (χ1v) is 5.98. The Balaban J connectivity index is 3.15. The number of ether oxygens (including phenoxy) is 1.